The summed E-state index contributed by atoms with van der Waals surface area (Å²) in [6.07, 6.45) is 1.69. The van der Waals surface area contributed by atoms with Gasteiger partial charge in [-0.15, -0.1) is 0 Å². The van der Waals surface area contributed by atoms with Crippen LogP contribution in [0.4, 0.5) is 5.95 Å². The molecule has 0 saturated carbocycles. The highest BCUT2D eigenvalue weighted by molar-refractivity contribution is 5.80. The van der Waals surface area contributed by atoms with Gasteiger partial charge in [0.25, 0.3) is 5.56 Å². The third kappa shape index (κ3) is 3.30. The Balaban J connectivity index is 1.93. The van der Waals surface area contributed by atoms with Gasteiger partial charge in [0.2, 0.25) is 5.95 Å². The van der Waals surface area contributed by atoms with E-state index < -0.39 is 0 Å². The molecule has 0 aliphatic carbocycles. The fraction of sp³-hybridized carbons (Fsp3) is 0.368. The molecule has 0 radical (unpaired) electrons. The van der Waals surface area contributed by atoms with Crippen molar-refractivity contribution in [3.05, 3.63) is 56.2 Å². The molecule has 0 bridgehead atoms. The van der Waals surface area contributed by atoms with Gasteiger partial charge >= 0.3 is 5.69 Å². The van der Waals surface area contributed by atoms with E-state index in [1.54, 1.807) is 31.8 Å². The quantitative estimate of drug-likeness (QED) is 0.551. The van der Waals surface area contributed by atoms with Crippen LogP contribution in [0.1, 0.15) is 37.8 Å². The van der Waals surface area contributed by atoms with Crippen molar-refractivity contribution in [1.82, 2.24) is 18.7 Å². The topological polar surface area (TPSA) is 86.2 Å². The Hall–Kier alpha value is -3.16. The second kappa shape index (κ2) is 7.22. The van der Waals surface area contributed by atoms with Gasteiger partial charge < -0.3 is 4.57 Å². The molecule has 8 heteroatoms. The van der Waals surface area contributed by atoms with E-state index in [0.29, 0.717) is 29.6 Å². The van der Waals surface area contributed by atoms with Crippen LogP contribution in [-0.4, -0.2) is 24.9 Å². The lowest BCUT2D eigenvalue weighted by atomic mass is 10.0. The highest BCUT2D eigenvalue weighted by atomic mass is 16.2. The molecule has 27 heavy (non-hydrogen) atoms. The standard InChI is InChI=1S/C19H24N6O2/c1-6-25-17(26)15-16(24(5)19(25)27)21-18(23(15)4)22-20-11-13-7-9-14(10-8-13)12(2)3/h7-12H,6H2,1-5H3,(H,21,22)/b20-11-. The van der Waals surface area contributed by atoms with Crippen LogP contribution in [0.15, 0.2) is 39.0 Å². The Morgan fingerprint density at radius 1 is 1.15 bits per heavy atom. The summed E-state index contributed by atoms with van der Waals surface area (Å²) in [6, 6.07) is 8.15. The third-order valence-corrected chi connectivity index (χ3v) is 4.66. The van der Waals surface area contributed by atoms with E-state index in [-0.39, 0.29) is 11.2 Å². The summed E-state index contributed by atoms with van der Waals surface area (Å²) < 4.78 is 4.18. The number of hydrazone groups is 1. The fourth-order valence-electron chi connectivity index (χ4n) is 2.95. The second-order valence-electron chi connectivity index (χ2n) is 6.75. The fourth-order valence-corrected chi connectivity index (χ4v) is 2.95. The van der Waals surface area contributed by atoms with E-state index in [4.69, 9.17) is 0 Å². The number of anilines is 1. The second-order valence-corrected chi connectivity index (χ2v) is 6.75. The molecule has 3 rings (SSSR count). The van der Waals surface area contributed by atoms with Crippen molar-refractivity contribution in [2.45, 2.75) is 33.2 Å². The Morgan fingerprint density at radius 2 is 1.81 bits per heavy atom. The molecule has 142 valence electrons. The molecule has 8 nitrogen and oxygen atoms in total. The maximum absolute atomic E-state index is 12.6. The first-order chi connectivity index (χ1) is 12.8. The molecule has 1 aromatic carbocycles. The first-order valence-electron chi connectivity index (χ1n) is 8.90. The molecule has 0 saturated heterocycles. The number of imidazole rings is 1. The smallest absolute Gasteiger partial charge is 0.306 e. The molecule has 1 N–H and O–H groups in total. The summed E-state index contributed by atoms with van der Waals surface area (Å²) in [5.41, 5.74) is 5.03. The van der Waals surface area contributed by atoms with Crippen molar-refractivity contribution < 1.29 is 0 Å². The van der Waals surface area contributed by atoms with Gasteiger partial charge in [-0.25, -0.2) is 10.2 Å². The SMILES string of the molecule is CCn1c(=O)c2c(nc(N/N=C\c3ccc(C(C)C)cc3)n2C)n(C)c1=O. The number of benzene rings is 1. The van der Waals surface area contributed by atoms with Gasteiger partial charge in [-0.1, -0.05) is 38.1 Å². The van der Waals surface area contributed by atoms with Crippen LogP contribution in [0, 0.1) is 0 Å². The first kappa shape index (κ1) is 18.6. The van der Waals surface area contributed by atoms with Gasteiger partial charge in [-0.05, 0) is 24.0 Å². The highest BCUT2D eigenvalue weighted by Crippen LogP contribution is 2.15. The predicted molar refractivity (Wildman–Crippen MR) is 108 cm³/mol. The Bertz CT molecular complexity index is 1120. The summed E-state index contributed by atoms with van der Waals surface area (Å²) in [4.78, 5) is 29.2. The van der Waals surface area contributed by atoms with Crippen LogP contribution in [-0.2, 0) is 20.6 Å². The summed E-state index contributed by atoms with van der Waals surface area (Å²) in [6.45, 7) is 6.37. The molecule has 0 spiro atoms. The van der Waals surface area contributed by atoms with Crippen LogP contribution in [0.5, 0.6) is 0 Å². The lowest BCUT2D eigenvalue weighted by Gasteiger charge is -2.05. The zero-order chi connectivity index (χ0) is 19.7. The average molecular weight is 368 g/mol. The number of hydrogen-bond donors (Lipinski definition) is 1. The predicted octanol–water partition coefficient (Wildman–Crippen LogP) is 2.02. The third-order valence-electron chi connectivity index (χ3n) is 4.66. The monoisotopic (exact) mass is 368 g/mol. The van der Waals surface area contributed by atoms with E-state index in [1.807, 2.05) is 12.1 Å². The van der Waals surface area contributed by atoms with Crippen LogP contribution >= 0.6 is 0 Å². The zero-order valence-electron chi connectivity index (χ0n) is 16.2. The molecular weight excluding hydrogens is 344 g/mol. The molecule has 3 aromatic rings. The largest absolute Gasteiger partial charge is 0.332 e. The van der Waals surface area contributed by atoms with Crippen molar-refractivity contribution in [1.29, 1.82) is 0 Å². The lowest BCUT2D eigenvalue weighted by Crippen LogP contribution is -2.39. The van der Waals surface area contributed by atoms with Crippen LogP contribution in [0.2, 0.25) is 0 Å². The van der Waals surface area contributed by atoms with E-state index >= 15 is 0 Å². The summed E-state index contributed by atoms with van der Waals surface area (Å²) in [7, 11) is 3.32. The number of nitrogens with zero attached hydrogens (tertiary/aromatic N) is 5. The van der Waals surface area contributed by atoms with Crippen LogP contribution in [0.3, 0.4) is 0 Å². The van der Waals surface area contributed by atoms with E-state index in [1.165, 1.54) is 14.7 Å². The molecule has 2 aromatic heterocycles. The number of fused-ring (bicyclic) bond motifs is 1. The van der Waals surface area contributed by atoms with Crippen molar-refractivity contribution in [3.8, 4) is 0 Å². The summed E-state index contributed by atoms with van der Waals surface area (Å²) >= 11 is 0. The minimum absolute atomic E-state index is 0.305. The van der Waals surface area contributed by atoms with E-state index in [9.17, 15) is 9.59 Å². The minimum atomic E-state index is -0.381. The summed E-state index contributed by atoms with van der Waals surface area (Å²) in [5, 5.41) is 4.21. The molecule has 0 atom stereocenters. The molecular formula is C19H24N6O2. The molecule has 0 fully saturated rings. The Labute approximate surface area is 156 Å². The van der Waals surface area contributed by atoms with Crippen molar-refractivity contribution in [2.24, 2.45) is 19.2 Å². The molecule has 0 unspecified atom stereocenters. The average Bonchev–Trinajstić information content (AvgIpc) is 2.98. The van der Waals surface area contributed by atoms with Gasteiger partial charge in [0.05, 0.1) is 6.21 Å². The number of nitrogens with one attached hydrogen (secondary N) is 1. The number of hydrogen-bond acceptors (Lipinski definition) is 5. The lowest BCUT2D eigenvalue weighted by molar-refractivity contribution is 0.635. The number of aryl methyl sites for hydroxylation is 2. The van der Waals surface area contributed by atoms with Crippen molar-refractivity contribution >= 4 is 23.3 Å². The maximum atomic E-state index is 12.6. The highest BCUT2D eigenvalue weighted by Gasteiger charge is 2.17. The van der Waals surface area contributed by atoms with Crippen molar-refractivity contribution in [3.63, 3.8) is 0 Å². The van der Waals surface area contributed by atoms with Gasteiger partial charge in [-0.2, -0.15) is 10.1 Å². The molecule has 2 heterocycles. The Morgan fingerprint density at radius 3 is 2.41 bits per heavy atom. The minimum Gasteiger partial charge on any atom is -0.306 e. The van der Waals surface area contributed by atoms with Crippen LogP contribution < -0.4 is 16.7 Å². The molecule has 0 amide bonds. The first-order valence-corrected chi connectivity index (χ1v) is 8.90. The molecule has 0 aliphatic rings. The Kier molecular flexibility index (Phi) is 4.98. The van der Waals surface area contributed by atoms with E-state index in [2.05, 4.69) is 41.5 Å². The van der Waals surface area contributed by atoms with E-state index in [0.717, 1.165) is 5.56 Å². The van der Waals surface area contributed by atoms with Gasteiger partial charge in [0.1, 0.15) is 0 Å². The molecule has 0 aliphatic heterocycles. The number of rotatable bonds is 5. The van der Waals surface area contributed by atoms with Crippen LogP contribution in [0.25, 0.3) is 11.2 Å². The maximum Gasteiger partial charge on any atom is 0.332 e. The normalized spacial score (nSPS) is 11.8. The number of aromatic nitrogens is 4. The zero-order valence-corrected chi connectivity index (χ0v) is 16.2. The van der Waals surface area contributed by atoms with Gasteiger partial charge in [-0.3, -0.25) is 13.9 Å². The van der Waals surface area contributed by atoms with Gasteiger partial charge in [0.15, 0.2) is 11.2 Å². The summed E-state index contributed by atoms with van der Waals surface area (Å²) in [5.74, 6) is 0.869. The van der Waals surface area contributed by atoms with Crippen molar-refractivity contribution in [2.75, 3.05) is 5.43 Å². The van der Waals surface area contributed by atoms with Gasteiger partial charge in [0, 0.05) is 20.6 Å².